The van der Waals surface area contributed by atoms with Crippen molar-refractivity contribution in [3.05, 3.63) is 52.5 Å². The van der Waals surface area contributed by atoms with Crippen LogP contribution in [0.1, 0.15) is 6.42 Å². The van der Waals surface area contributed by atoms with Gasteiger partial charge in [-0.05, 0) is 42.5 Å². The molecule has 23 heavy (non-hydrogen) atoms. The molecule has 122 valence electrons. The lowest BCUT2D eigenvalue weighted by Crippen LogP contribution is -2.16. The van der Waals surface area contributed by atoms with Crippen molar-refractivity contribution in [2.45, 2.75) is 6.42 Å². The summed E-state index contributed by atoms with van der Waals surface area (Å²) in [6.45, 7) is 0.474. The van der Waals surface area contributed by atoms with Gasteiger partial charge in [-0.15, -0.1) is 0 Å². The van der Waals surface area contributed by atoms with Crippen molar-refractivity contribution in [1.29, 1.82) is 0 Å². The van der Waals surface area contributed by atoms with Gasteiger partial charge < -0.3 is 15.5 Å². The van der Waals surface area contributed by atoms with Gasteiger partial charge in [-0.2, -0.15) is 0 Å². The predicted octanol–water partition coefficient (Wildman–Crippen LogP) is 4.50. The van der Waals surface area contributed by atoms with Crippen molar-refractivity contribution in [2.75, 3.05) is 36.2 Å². The maximum Gasteiger partial charge on any atom is 0.226 e. The number of nitrogens with zero attached hydrogens (tertiary/aromatic N) is 1. The molecule has 0 aliphatic rings. The van der Waals surface area contributed by atoms with Crippen LogP contribution in [0.3, 0.4) is 0 Å². The molecule has 0 heterocycles. The number of carbonyl (C=O) groups excluding carboxylic acids is 1. The van der Waals surface area contributed by atoms with Crippen molar-refractivity contribution in [3.63, 3.8) is 0 Å². The number of benzene rings is 2. The Morgan fingerprint density at radius 2 is 1.78 bits per heavy atom. The zero-order valence-corrected chi connectivity index (χ0v) is 14.6. The van der Waals surface area contributed by atoms with Crippen LogP contribution in [0.4, 0.5) is 17.1 Å². The summed E-state index contributed by atoms with van der Waals surface area (Å²) in [5.74, 6) is -0.0618. The minimum atomic E-state index is -0.0618. The van der Waals surface area contributed by atoms with Gasteiger partial charge >= 0.3 is 0 Å². The largest absolute Gasteiger partial charge is 0.383 e. The van der Waals surface area contributed by atoms with Crippen molar-refractivity contribution in [2.24, 2.45) is 0 Å². The summed E-state index contributed by atoms with van der Waals surface area (Å²) in [6.07, 6.45) is 0.332. The maximum atomic E-state index is 12.0. The SMILES string of the molecule is CN(C)c1ccc(NC(=O)CCNc2cc(Cl)ccc2Cl)cc1. The fraction of sp³-hybridized carbons (Fsp3) is 0.235. The van der Waals surface area contributed by atoms with Crippen LogP contribution >= 0.6 is 23.2 Å². The number of anilines is 3. The Balaban J connectivity index is 1.82. The smallest absolute Gasteiger partial charge is 0.226 e. The summed E-state index contributed by atoms with van der Waals surface area (Å²) in [6, 6.07) is 12.9. The van der Waals surface area contributed by atoms with Crippen LogP contribution in [0.15, 0.2) is 42.5 Å². The number of hydrogen-bond acceptors (Lipinski definition) is 3. The molecule has 0 spiro atoms. The third-order valence-corrected chi connectivity index (χ3v) is 3.83. The van der Waals surface area contributed by atoms with E-state index in [0.29, 0.717) is 23.0 Å². The lowest BCUT2D eigenvalue weighted by molar-refractivity contribution is -0.115. The average Bonchev–Trinajstić information content (AvgIpc) is 2.51. The summed E-state index contributed by atoms with van der Waals surface area (Å²) >= 11 is 12.0. The second-order valence-electron chi connectivity index (χ2n) is 5.29. The Morgan fingerprint density at radius 3 is 2.43 bits per heavy atom. The molecule has 0 fully saturated rings. The molecule has 0 atom stereocenters. The first-order chi connectivity index (χ1) is 11.0. The van der Waals surface area contributed by atoms with Crippen LogP contribution < -0.4 is 15.5 Å². The molecular weight excluding hydrogens is 333 g/mol. The van der Waals surface area contributed by atoms with Crippen LogP contribution in [0.2, 0.25) is 10.0 Å². The van der Waals surface area contributed by atoms with Gasteiger partial charge in [0.15, 0.2) is 0 Å². The fourth-order valence-corrected chi connectivity index (χ4v) is 2.37. The molecule has 2 N–H and O–H groups in total. The molecule has 2 aromatic carbocycles. The summed E-state index contributed by atoms with van der Waals surface area (Å²) in [5.41, 5.74) is 2.59. The lowest BCUT2D eigenvalue weighted by atomic mass is 10.2. The second-order valence-corrected chi connectivity index (χ2v) is 6.13. The Hall–Kier alpha value is -1.91. The molecule has 6 heteroatoms. The van der Waals surface area contributed by atoms with Crippen molar-refractivity contribution >= 4 is 46.2 Å². The molecule has 4 nitrogen and oxygen atoms in total. The van der Waals surface area contributed by atoms with Crippen molar-refractivity contribution in [3.8, 4) is 0 Å². The van der Waals surface area contributed by atoms with Gasteiger partial charge in [0, 0.05) is 43.5 Å². The highest BCUT2D eigenvalue weighted by molar-refractivity contribution is 6.35. The first-order valence-corrected chi connectivity index (χ1v) is 7.97. The summed E-state index contributed by atoms with van der Waals surface area (Å²) in [4.78, 5) is 14.0. The number of rotatable bonds is 6. The summed E-state index contributed by atoms with van der Waals surface area (Å²) in [7, 11) is 3.94. The van der Waals surface area contributed by atoms with Crippen LogP contribution in [-0.4, -0.2) is 26.5 Å². The molecule has 1 amide bonds. The second kappa shape index (κ2) is 8.09. The highest BCUT2D eigenvalue weighted by Gasteiger charge is 2.05. The van der Waals surface area contributed by atoms with E-state index in [1.54, 1.807) is 18.2 Å². The first kappa shape index (κ1) is 17.4. The normalized spacial score (nSPS) is 10.3. The van der Waals surface area contributed by atoms with Crippen LogP contribution in [0.5, 0.6) is 0 Å². The quantitative estimate of drug-likeness (QED) is 0.805. The van der Waals surface area contributed by atoms with Gasteiger partial charge in [0.05, 0.1) is 10.7 Å². The molecule has 0 unspecified atom stereocenters. The number of halogens is 2. The Labute approximate surface area is 146 Å². The summed E-state index contributed by atoms with van der Waals surface area (Å²) in [5, 5.41) is 7.15. The van der Waals surface area contributed by atoms with Crippen LogP contribution in [0, 0.1) is 0 Å². The van der Waals surface area contributed by atoms with E-state index in [1.165, 1.54) is 0 Å². The Bertz CT molecular complexity index is 672. The average molecular weight is 352 g/mol. The van der Waals surface area contributed by atoms with Gasteiger partial charge in [-0.1, -0.05) is 23.2 Å². The first-order valence-electron chi connectivity index (χ1n) is 7.22. The van der Waals surface area contributed by atoms with E-state index < -0.39 is 0 Å². The van der Waals surface area contributed by atoms with E-state index >= 15 is 0 Å². The minimum Gasteiger partial charge on any atom is -0.383 e. The number of amides is 1. The zero-order chi connectivity index (χ0) is 16.8. The van der Waals surface area contributed by atoms with E-state index in [2.05, 4.69) is 10.6 Å². The molecule has 2 aromatic rings. The number of nitrogens with one attached hydrogen (secondary N) is 2. The van der Waals surface area contributed by atoms with E-state index in [-0.39, 0.29) is 5.91 Å². The van der Waals surface area contributed by atoms with E-state index in [9.17, 15) is 4.79 Å². The lowest BCUT2D eigenvalue weighted by Gasteiger charge is -2.13. The highest BCUT2D eigenvalue weighted by atomic mass is 35.5. The molecule has 0 saturated carbocycles. The molecule has 0 aliphatic carbocycles. The monoisotopic (exact) mass is 351 g/mol. The van der Waals surface area contributed by atoms with Crippen molar-refractivity contribution in [1.82, 2.24) is 0 Å². The molecule has 0 aromatic heterocycles. The minimum absolute atomic E-state index is 0.0618. The van der Waals surface area contributed by atoms with Crippen molar-refractivity contribution < 1.29 is 4.79 Å². The fourth-order valence-electron chi connectivity index (χ4n) is 2.01. The van der Waals surface area contributed by atoms with Gasteiger partial charge in [-0.25, -0.2) is 0 Å². The van der Waals surface area contributed by atoms with Gasteiger partial charge in [-0.3, -0.25) is 4.79 Å². The molecule has 0 radical (unpaired) electrons. The number of hydrogen-bond donors (Lipinski definition) is 2. The van der Waals surface area contributed by atoms with Crippen LogP contribution in [-0.2, 0) is 4.79 Å². The molecule has 2 rings (SSSR count). The number of carbonyl (C=O) groups is 1. The summed E-state index contributed by atoms with van der Waals surface area (Å²) < 4.78 is 0. The van der Waals surface area contributed by atoms with E-state index in [0.717, 1.165) is 17.1 Å². The van der Waals surface area contributed by atoms with Crippen LogP contribution in [0.25, 0.3) is 0 Å². The van der Waals surface area contributed by atoms with E-state index in [1.807, 2.05) is 43.3 Å². The maximum absolute atomic E-state index is 12.0. The Kier molecular flexibility index (Phi) is 6.13. The topological polar surface area (TPSA) is 44.4 Å². The standard InChI is InChI=1S/C17H19Cl2N3O/c1-22(2)14-6-4-13(5-7-14)21-17(23)9-10-20-16-11-12(18)3-8-15(16)19/h3-8,11,20H,9-10H2,1-2H3,(H,21,23). The highest BCUT2D eigenvalue weighted by Crippen LogP contribution is 2.25. The molecular formula is C17H19Cl2N3O. The molecule has 0 saturated heterocycles. The third kappa shape index (κ3) is 5.34. The molecule has 0 bridgehead atoms. The zero-order valence-electron chi connectivity index (χ0n) is 13.1. The Morgan fingerprint density at radius 1 is 1.09 bits per heavy atom. The third-order valence-electron chi connectivity index (χ3n) is 3.26. The van der Waals surface area contributed by atoms with E-state index in [4.69, 9.17) is 23.2 Å². The molecule has 0 aliphatic heterocycles. The van der Waals surface area contributed by atoms with Gasteiger partial charge in [0.1, 0.15) is 0 Å². The van der Waals surface area contributed by atoms with Gasteiger partial charge in [0.2, 0.25) is 5.91 Å². The van der Waals surface area contributed by atoms with Gasteiger partial charge in [0.25, 0.3) is 0 Å². The predicted molar refractivity (Wildman–Crippen MR) is 99.0 cm³/mol.